The summed E-state index contributed by atoms with van der Waals surface area (Å²) in [6, 6.07) is 0.646. The normalized spacial score (nSPS) is 19.1. The fraction of sp³-hybridized carbons (Fsp3) is 0.867. The molecule has 0 aromatic carbocycles. The van der Waals surface area contributed by atoms with Gasteiger partial charge in [0, 0.05) is 12.6 Å². The van der Waals surface area contributed by atoms with Crippen molar-refractivity contribution in [2.24, 2.45) is 0 Å². The Labute approximate surface area is 107 Å². The Bertz CT molecular complexity index is 185. The molecule has 1 aliphatic heterocycles. The van der Waals surface area contributed by atoms with E-state index in [0.29, 0.717) is 6.04 Å². The minimum atomic E-state index is 0.646. The maximum atomic E-state index is 3.75. The molecule has 1 aliphatic rings. The van der Waals surface area contributed by atoms with Gasteiger partial charge in [-0.05, 0) is 58.7 Å². The lowest BCUT2D eigenvalue weighted by Gasteiger charge is -2.29. The van der Waals surface area contributed by atoms with Crippen LogP contribution in [0.5, 0.6) is 0 Å². The highest BCUT2D eigenvalue weighted by Gasteiger charge is 2.12. The van der Waals surface area contributed by atoms with Crippen LogP contribution in [0.3, 0.4) is 0 Å². The molecule has 0 spiro atoms. The number of unbranched alkanes of at least 4 members (excludes halogenated alkanes) is 3. The van der Waals surface area contributed by atoms with Crippen molar-refractivity contribution in [3.63, 3.8) is 0 Å². The molecule has 2 heteroatoms. The summed E-state index contributed by atoms with van der Waals surface area (Å²) in [5.41, 5.74) is 0. The number of hydrogen-bond acceptors (Lipinski definition) is 2. The number of nitrogens with one attached hydrogen (secondary N) is 1. The Morgan fingerprint density at radius 1 is 1.18 bits per heavy atom. The molecular formula is C15H30N2. The first-order valence-corrected chi connectivity index (χ1v) is 7.39. The fourth-order valence-corrected chi connectivity index (χ4v) is 2.53. The van der Waals surface area contributed by atoms with Gasteiger partial charge in [-0.25, -0.2) is 0 Å². The Morgan fingerprint density at radius 3 is 2.65 bits per heavy atom. The van der Waals surface area contributed by atoms with Gasteiger partial charge in [0.05, 0.1) is 0 Å². The van der Waals surface area contributed by atoms with Crippen LogP contribution in [-0.2, 0) is 0 Å². The molecule has 0 bridgehead atoms. The molecule has 0 amide bonds. The van der Waals surface area contributed by atoms with E-state index >= 15 is 0 Å². The third-order valence-electron chi connectivity index (χ3n) is 3.56. The summed E-state index contributed by atoms with van der Waals surface area (Å²) in [6.45, 7) is 11.1. The second-order valence-corrected chi connectivity index (χ2v) is 5.35. The predicted octanol–water partition coefficient (Wildman–Crippen LogP) is 3.20. The average molecular weight is 238 g/mol. The van der Waals surface area contributed by atoms with Gasteiger partial charge in [-0.2, -0.15) is 0 Å². The molecule has 1 unspecified atom stereocenters. The molecule has 0 saturated carbocycles. The summed E-state index contributed by atoms with van der Waals surface area (Å²) in [5, 5.41) is 3.64. The van der Waals surface area contributed by atoms with Crippen LogP contribution >= 0.6 is 0 Å². The van der Waals surface area contributed by atoms with Crippen molar-refractivity contribution in [3.05, 3.63) is 12.7 Å². The quantitative estimate of drug-likeness (QED) is 0.490. The fourth-order valence-electron chi connectivity index (χ4n) is 2.53. The molecule has 1 atom stereocenters. The molecule has 2 nitrogen and oxygen atoms in total. The molecule has 0 radical (unpaired) electrons. The van der Waals surface area contributed by atoms with Gasteiger partial charge >= 0.3 is 0 Å². The van der Waals surface area contributed by atoms with Crippen LogP contribution in [0.25, 0.3) is 0 Å². The number of likely N-dealkylation sites (tertiary alicyclic amines) is 1. The van der Waals surface area contributed by atoms with Gasteiger partial charge < -0.3 is 10.2 Å². The van der Waals surface area contributed by atoms with E-state index < -0.39 is 0 Å². The highest BCUT2D eigenvalue weighted by atomic mass is 15.1. The lowest BCUT2D eigenvalue weighted by atomic mass is 10.1. The zero-order valence-electron chi connectivity index (χ0n) is 11.6. The zero-order valence-corrected chi connectivity index (χ0v) is 11.6. The molecule has 1 saturated heterocycles. The molecular weight excluding hydrogens is 208 g/mol. The van der Waals surface area contributed by atoms with Crippen molar-refractivity contribution >= 4 is 0 Å². The largest absolute Gasteiger partial charge is 0.313 e. The number of nitrogens with zero attached hydrogens (tertiary/aromatic N) is 1. The van der Waals surface area contributed by atoms with Crippen LogP contribution in [0.1, 0.15) is 51.9 Å². The summed E-state index contributed by atoms with van der Waals surface area (Å²) in [5.74, 6) is 0. The van der Waals surface area contributed by atoms with Crippen molar-refractivity contribution in [1.82, 2.24) is 10.2 Å². The number of piperidine rings is 1. The maximum absolute atomic E-state index is 3.75. The number of hydrogen-bond donors (Lipinski definition) is 1. The third kappa shape index (κ3) is 7.56. The van der Waals surface area contributed by atoms with Crippen molar-refractivity contribution in [2.75, 3.05) is 26.2 Å². The summed E-state index contributed by atoms with van der Waals surface area (Å²) < 4.78 is 0. The van der Waals surface area contributed by atoms with E-state index in [-0.39, 0.29) is 0 Å². The minimum Gasteiger partial charge on any atom is -0.313 e. The Morgan fingerprint density at radius 2 is 1.94 bits per heavy atom. The monoisotopic (exact) mass is 238 g/mol. The van der Waals surface area contributed by atoms with Crippen LogP contribution in [0.15, 0.2) is 12.7 Å². The highest BCUT2D eigenvalue weighted by molar-refractivity contribution is 4.71. The Balaban J connectivity index is 1.93. The van der Waals surface area contributed by atoms with E-state index in [2.05, 4.69) is 23.7 Å². The first kappa shape index (κ1) is 14.7. The molecule has 100 valence electrons. The first-order valence-electron chi connectivity index (χ1n) is 7.39. The third-order valence-corrected chi connectivity index (χ3v) is 3.56. The van der Waals surface area contributed by atoms with Crippen LogP contribution in [0, 0.1) is 0 Å². The topological polar surface area (TPSA) is 15.3 Å². The number of rotatable bonds is 9. The maximum Gasteiger partial charge on any atom is 0.0166 e. The minimum absolute atomic E-state index is 0.646. The zero-order chi connectivity index (χ0) is 12.3. The van der Waals surface area contributed by atoms with E-state index in [9.17, 15) is 0 Å². The summed E-state index contributed by atoms with van der Waals surface area (Å²) in [7, 11) is 0. The van der Waals surface area contributed by atoms with Crippen LogP contribution < -0.4 is 5.32 Å². The summed E-state index contributed by atoms with van der Waals surface area (Å²) >= 11 is 0. The van der Waals surface area contributed by atoms with Crippen molar-refractivity contribution < 1.29 is 0 Å². The van der Waals surface area contributed by atoms with Gasteiger partial charge in [0.15, 0.2) is 0 Å². The van der Waals surface area contributed by atoms with Crippen molar-refractivity contribution in [2.45, 2.75) is 57.9 Å². The van der Waals surface area contributed by atoms with Gasteiger partial charge in [0.1, 0.15) is 0 Å². The molecule has 0 aromatic rings. The molecule has 1 heterocycles. The van der Waals surface area contributed by atoms with E-state index in [0.717, 1.165) is 0 Å². The second-order valence-electron chi connectivity index (χ2n) is 5.35. The summed E-state index contributed by atoms with van der Waals surface area (Å²) in [6.07, 6.45) is 11.3. The van der Waals surface area contributed by atoms with Gasteiger partial charge in [0.25, 0.3) is 0 Å². The highest BCUT2D eigenvalue weighted by Crippen LogP contribution is 2.08. The van der Waals surface area contributed by atoms with E-state index in [1.165, 1.54) is 71.1 Å². The molecule has 1 rings (SSSR count). The molecule has 17 heavy (non-hydrogen) atoms. The predicted molar refractivity (Wildman–Crippen MR) is 76.4 cm³/mol. The van der Waals surface area contributed by atoms with Gasteiger partial charge in [-0.15, -0.1) is 6.58 Å². The second kappa shape index (κ2) is 9.67. The SMILES string of the molecule is C=CCCCCCNC(C)CN1CCCCC1. The lowest BCUT2D eigenvalue weighted by Crippen LogP contribution is -2.41. The van der Waals surface area contributed by atoms with Crippen LogP contribution in [0.2, 0.25) is 0 Å². The molecule has 1 fully saturated rings. The van der Waals surface area contributed by atoms with Crippen LogP contribution in [0.4, 0.5) is 0 Å². The van der Waals surface area contributed by atoms with E-state index in [1.807, 2.05) is 6.08 Å². The first-order chi connectivity index (χ1) is 8.33. The van der Waals surface area contributed by atoms with Gasteiger partial charge in [0.2, 0.25) is 0 Å². The average Bonchev–Trinajstić information content (AvgIpc) is 2.35. The van der Waals surface area contributed by atoms with Crippen LogP contribution in [-0.4, -0.2) is 37.1 Å². The Kier molecular flexibility index (Phi) is 8.37. The lowest BCUT2D eigenvalue weighted by molar-refractivity contribution is 0.209. The van der Waals surface area contributed by atoms with Crippen molar-refractivity contribution in [3.8, 4) is 0 Å². The summed E-state index contributed by atoms with van der Waals surface area (Å²) in [4.78, 5) is 2.61. The standard InChI is InChI=1S/C15H30N2/c1-3-4-5-6-8-11-16-15(2)14-17-12-9-7-10-13-17/h3,15-16H,1,4-14H2,2H3. The van der Waals surface area contributed by atoms with E-state index in [4.69, 9.17) is 0 Å². The number of allylic oxidation sites excluding steroid dienone is 1. The van der Waals surface area contributed by atoms with Gasteiger partial charge in [-0.1, -0.05) is 18.9 Å². The smallest absolute Gasteiger partial charge is 0.0166 e. The van der Waals surface area contributed by atoms with Gasteiger partial charge in [-0.3, -0.25) is 0 Å². The Hall–Kier alpha value is -0.340. The molecule has 0 aliphatic carbocycles. The molecule has 0 aromatic heterocycles. The van der Waals surface area contributed by atoms with Crippen molar-refractivity contribution in [1.29, 1.82) is 0 Å². The van der Waals surface area contributed by atoms with E-state index in [1.54, 1.807) is 0 Å². The molecule has 1 N–H and O–H groups in total.